The summed E-state index contributed by atoms with van der Waals surface area (Å²) in [5, 5.41) is 3.38. The van der Waals surface area contributed by atoms with E-state index < -0.39 is 0 Å². The first kappa shape index (κ1) is 17.4. The van der Waals surface area contributed by atoms with Crippen LogP contribution in [0.4, 0.5) is 0 Å². The van der Waals surface area contributed by atoms with Crippen LogP contribution in [-0.2, 0) is 0 Å². The molecule has 0 amide bonds. The largest absolute Gasteiger partial charge is 0.319 e. The molecule has 0 aliphatic carbocycles. The van der Waals surface area contributed by atoms with Gasteiger partial charge < -0.3 is 5.32 Å². The van der Waals surface area contributed by atoms with Gasteiger partial charge in [0, 0.05) is 15.1 Å². The smallest absolute Gasteiger partial charge is 0.0721 e. The van der Waals surface area contributed by atoms with Crippen LogP contribution in [0.5, 0.6) is 0 Å². The first-order chi connectivity index (χ1) is 10.2. The zero-order valence-electron chi connectivity index (χ0n) is 12.9. The molecule has 0 radical (unpaired) electrons. The van der Waals surface area contributed by atoms with Crippen LogP contribution in [0.25, 0.3) is 0 Å². The summed E-state index contributed by atoms with van der Waals surface area (Å²) in [4.78, 5) is 7.38. The Morgan fingerprint density at radius 3 is 2.86 bits per heavy atom. The Labute approximate surface area is 145 Å². The van der Waals surface area contributed by atoms with Crippen molar-refractivity contribution in [1.82, 2.24) is 15.2 Å². The molecule has 0 bridgehead atoms. The molecular formula is C16H25Br2N3. The molecule has 1 aliphatic rings. The first-order valence-corrected chi connectivity index (χ1v) is 9.45. The van der Waals surface area contributed by atoms with Crippen molar-refractivity contribution in [2.45, 2.75) is 38.6 Å². The number of pyridine rings is 1. The lowest BCUT2D eigenvalue weighted by Gasteiger charge is -2.35. The van der Waals surface area contributed by atoms with Gasteiger partial charge in [0.05, 0.1) is 11.7 Å². The topological polar surface area (TPSA) is 28.2 Å². The van der Waals surface area contributed by atoms with Gasteiger partial charge in [0.2, 0.25) is 0 Å². The van der Waals surface area contributed by atoms with Crippen LogP contribution in [0.3, 0.4) is 0 Å². The molecule has 5 heteroatoms. The Kier molecular flexibility index (Phi) is 7.13. The second kappa shape index (κ2) is 8.61. The number of likely N-dealkylation sites (tertiary alicyclic amines) is 1. The van der Waals surface area contributed by atoms with E-state index in [9.17, 15) is 0 Å². The second-order valence-electron chi connectivity index (χ2n) is 5.81. The standard InChI is InChI=1S/C16H25Br2N3/c1-3-7-21-8-5-4-6-12(10-19-2)16(21)15-14(18)9-13(17)11-20-15/h9,11-12,16,19H,3-8,10H2,1-2H3. The van der Waals surface area contributed by atoms with Crippen molar-refractivity contribution in [3.63, 3.8) is 0 Å². The van der Waals surface area contributed by atoms with Crippen LogP contribution in [-0.4, -0.2) is 36.6 Å². The zero-order chi connectivity index (χ0) is 15.2. The van der Waals surface area contributed by atoms with Crippen molar-refractivity contribution >= 4 is 31.9 Å². The van der Waals surface area contributed by atoms with Crippen LogP contribution in [0, 0.1) is 5.92 Å². The van der Waals surface area contributed by atoms with Gasteiger partial charge >= 0.3 is 0 Å². The second-order valence-corrected chi connectivity index (χ2v) is 7.58. The molecule has 2 rings (SSSR count). The Morgan fingerprint density at radius 2 is 2.19 bits per heavy atom. The fourth-order valence-electron chi connectivity index (χ4n) is 3.37. The number of hydrogen-bond donors (Lipinski definition) is 1. The van der Waals surface area contributed by atoms with Gasteiger partial charge in [-0.05, 0) is 89.8 Å². The SMILES string of the molecule is CCCN1CCCCC(CNC)C1c1ncc(Br)cc1Br. The molecule has 1 aromatic heterocycles. The Morgan fingerprint density at radius 1 is 1.38 bits per heavy atom. The van der Waals surface area contributed by atoms with E-state index in [1.54, 1.807) is 0 Å². The summed E-state index contributed by atoms with van der Waals surface area (Å²) in [6.07, 6.45) is 7.00. The fourth-order valence-corrected chi connectivity index (χ4v) is 4.59. The molecule has 0 spiro atoms. The highest BCUT2D eigenvalue weighted by molar-refractivity contribution is 9.11. The molecule has 1 fully saturated rings. The predicted octanol–water partition coefficient (Wildman–Crippen LogP) is 4.38. The van der Waals surface area contributed by atoms with Crippen LogP contribution in [0.15, 0.2) is 21.2 Å². The lowest BCUT2D eigenvalue weighted by Crippen LogP contribution is -2.37. The monoisotopic (exact) mass is 417 g/mol. The number of nitrogens with zero attached hydrogens (tertiary/aromatic N) is 2. The van der Waals surface area contributed by atoms with Crippen molar-refractivity contribution in [3.8, 4) is 0 Å². The molecule has 2 atom stereocenters. The summed E-state index contributed by atoms with van der Waals surface area (Å²) in [5.74, 6) is 0.619. The highest BCUT2D eigenvalue weighted by Gasteiger charge is 2.32. The lowest BCUT2D eigenvalue weighted by molar-refractivity contribution is 0.150. The van der Waals surface area contributed by atoms with Gasteiger partial charge in [-0.25, -0.2) is 0 Å². The fraction of sp³-hybridized carbons (Fsp3) is 0.688. The molecule has 118 valence electrons. The van der Waals surface area contributed by atoms with Crippen molar-refractivity contribution in [3.05, 3.63) is 26.9 Å². The van der Waals surface area contributed by atoms with Crippen LogP contribution < -0.4 is 5.32 Å². The highest BCUT2D eigenvalue weighted by Crippen LogP contribution is 2.37. The van der Waals surface area contributed by atoms with Gasteiger partial charge in [-0.1, -0.05) is 13.3 Å². The molecule has 21 heavy (non-hydrogen) atoms. The van der Waals surface area contributed by atoms with Gasteiger partial charge in [0.25, 0.3) is 0 Å². The molecular weight excluding hydrogens is 394 g/mol. The molecule has 1 N–H and O–H groups in total. The van der Waals surface area contributed by atoms with Crippen molar-refractivity contribution in [2.24, 2.45) is 5.92 Å². The van der Waals surface area contributed by atoms with Crippen molar-refractivity contribution in [1.29, 1.82) is 0 Å². The molecule has 3 nitrogen and oxygen atoms in total. The molecule has 1 aromatic rings. The molecule has 2 unspecified atom stereocenters. The van der Waals surface area contributed by atoms with E-state index in [0.717, 1.165) is 22.0 Å². The zero-order valence-corrected chi connectivity index (χ0v) is 16.1. The van der Waals surface area contributed by atoms with E-state index in [-0.39, 0.29) is 0 Å². The van der Waals surface area contributed by atoms with E-state index in [0.29, 0.717) is 12.0 Å². The maximum Gasteiger partial charge on any atom is 0.0721 e. The van der Waals surface area contributed by atoms with Gasteiger partial charge in [-0.15, -0.1) is 0 Å². The van der Waals surface area contributed by atoms with Gasteiger partial charge in [-0.2, -0.15) is 0 Å². The maximum absolute atomic E-state index is 4.74. The third-order valence-corrected chi connectivity index (χ3v) is 5.27. The Hall–Kier alpha value is 0.0300. The predicted molar refractivity (Wildman–Crippen MR) is 95.5 cm³/mol. The first-order valence-electron chi connectivity index (χ1n) is 7.87. The lowest BCUT2D eigenvalue weighted by atomic mass is 9.91. The summed E-state index contributed by atoms with van der Waals surface area (Å²) >= 11 is 7.23. The van der Waals surface area contributed by atoms with Crippen LogP contribution in [0.2, 0.25) is 0 Å². The van der Waals surface area contributed by atoms with Gasteiger partial charge in [0.15, 0.2) is 0 Å². The van der Waals surface area contributed by atoms with Crippen molar-refractivity contribution in [2.75, 3.05) is 26.7 Å². The van der Waals surface area contributed by atoms with E-state index in [2.05, 4.69) is 62.1 Å². The summed E-state index contributed by atoms with van der Waals surface area (Å²) in [5.41, 5.74) is 1.19. The Balaban J connectivity index is 2.37. The number of hydrogen-bond acceptors (Lipinski definition) is 3. The molecule has 1 saturated heterocycles. The number of nitrogens with one attached hydrogen (secondary N) is 1. The average molecular weight is 419 g/mol. The quantitative estimate of drug-likeness (QED) is 0.768. The maximum atomic E-state index is 4.74. The summed E-state index contributed by atoms with van der Waals surface area (Å²) < 4.78 is 2.14. The van der Waals surface area contributed by atoms with E-state index in [1.165, 1.54) is 37.9 Å². The average Bonchev–Trinajstić information content (AvgIpc) is 2.63. The summed E-state index contributed by atoms with van der Waals surface area (Å²) in [6.45, 7) is 5.64. The van der Waals surface area contributed by atoms with E-state index in [1.807, 2.05) is 6.20 Å². The minimum atomic E-state index is 0.405. The summed E-state index contributed by atoms with van der Waals surface area (Å²) in [7, 11) is 2.05. The number of halogens is 2. The minimum Gasteiger partial charge on any atom is -0.319 e. The van der Waals surface area contributed by atoms with Gasteiger partial charge in [0.1, 0.15) is 0 Å². The van der Waals surface area contributed by atoms with Crippen LogP contribution in [0.1, 0.15) is 44.3 Å². The van der Waals surface area contributed by atoms with E-state index >= 15 is 0 Å². The molecule has 0 aromatic carbocycles. The summed E-state index contributed by atoms with van der Waals surface area (Å²) in [6, 6.07) is 2.52. The molecule has 0 saturated carbocycles. The Bertz CT molecular complexity index is 437. The molecule has 2 heterocycles. The van der Waals surface area contributed by atoms with E-state index in [4.69, 9.17) is 4.98 Å². The highest BCUT2D eigenvalue weighted by atomic mass is 79.9. The molecule has 1 aliphatic heterocycles. The normalized spacial score (nSPS) is 24.0. The third-order valence-electron chi connectivity index (χ3n) is 4.20. The van der Waals surface area contributed by atoms with Crippen LogP contribution >= 0.6 is 31.9 Å². The minimum absolute atomic E-state index is 0.405. The number of aromatic nitrogens is 1. The van der Waals surface area contributed by atoms with Gasteiger partial charge in [-0.3, -0.25) is 9.88 Å². The third kappa shape index (κ3) is 4.50. The number of rotatable bonds is 5. The van der Waals surface area contributed by atoms with Crippen molar-refractivity contribution < 1.29 is 0 Å².